The summed E-state index contributed by atoms with van der Waals surface area (Å²) < 4.78 is 41.9. The molecule has 1 fully saturated rings. The zero-order valence-corrected chi connectivity index (χ0v) is 23.0. The number of hydrogen-bond donors (Lipinski definition) is 3. The number of benzene rings is 3. The van der Waals surface area contributed by atoms with Gasteiger partial charge < -0.3 is 25.1 Å². The molecular formula is C31H29F2N5O4. The van der Waals surface area contributed by atoms with E-state index in [2.05, 4.69) is 21.1 Å². The van der Waals surface area contributed by atoms with Gasteiger partial charge in [0.25, 0.3) is 11.5 Å². The summed E-state index contributed by atoms with van der Waals surface area (Å²) in [6.07, 6.45) is 1.52. The van der Waals surface area contributed by atoms with E-state index in [9.17, 15) is 14.0 Å². The molecule has 1 saturated heterocycles. The predicted octanol–water partition coefficient (Wildman–Crippen LogP) is 5.20. The molecule has 3 N–H and O–H groups in total. The Hall–Kier alpha value is -4.74. The van der Waals surface area contributed by atoms with Crippen molar-refractivity contribution < 1.29 is 23.0 Å². The maximum Gasteiger partial charge on any atom is 0.267 e. The van der Waals surface area contributed by atoms with Gasteiger partial charge in [0, 0.05) is 43.3 Å². The number of nitrogens with one attached hydrogen (secondary N) is 3. The minimum atomic E-state index is -0.707. The highest BCUT2D eigenvalue weighted by Gasteiger charge is 2.27. The predicted molar refractivity (Wildman–Crippen MR) is 156 cm³/mol. The van der Waals surface area contributed by atoms with Gasteiger partial charge >= 0.3 is 0 Å². The zero-order valence-electron chi connectivity index (χ0n) is 23.0. The van der Waals surface area contributed by atoms with E-state index in [-0.39, 0.29) is 29.2 Å². The van der Waals surface area contributed by atoms with Crippen LogP contribution in [0, 0.1) is 11.6 Å². The Bertz CT molecular complexity index is 1700. The molecule has 2 atom stereocenters. The third-order valence-electron chi connectivity index (χ3n) is 7.15. The van der Waals surface area contributed by atoms with Gasteiger partial charge in [-0.25, -0.2) is 14.2 Å². The highest BCUT2D eigenvalue weighted by molar-refractivity contribution is 6.04. The van der Waals surface area contributed by atoms with Gasteiger partial charge in [-0.2, -0.15) is 0 Å². The number of halogens is 2. The minimum Gasteiger partial charge on any atom is -0.452 e. The first-order valence-electron chi connectivity index (χ1n) is 13.6. The third kappa shape index (κ3) is 5.56. The average molecular weight is 574 g/mol. The van der Waals surface area contributed by atoms with Crippen molar-refractivity contribution in [1.82, 2.24) is 9.99 Å². The van der Waals surface area contributed by atoms with E-state index < -0.39 is 23.1 Å². The molecule has 2 unspecified atom stereocenters. The van der Waals surface area contributed by atoms with Gasteiger partial charge in [-0.05, 0) is 80.1 Å². The fourth-order valence-corrected chi connectivity index (χ4v) is 5.26. The van der Waals surface area contributed by atoms with Gasteiger partial charge in [0.15, 0.2) is 17.3 Å². The molecule has 4 aromatic rings. The highest BCUT2D eigenvalue weighted by atomic mass is 19.1. The number of morpholine rings is 1. The van der Waals surface area contributed by atoms with E-state index in [1.807, 2.05) is 26.0 Å². The quantitative estimate of drug-likeness (QED) is 0.292. The molecule has 2 aliphatic rings. The van der Waals surface area contributed by atoms with E-state index in [4.69, 9.17) is 9.47 Å². The largest absolute Gasteiger partial charge is 0.452 e. The monoisotopic (exact) mass is 573 g/mol. The zero-order chi connectivity index (χ0) is 29.4. The number of hydrazine groups is 1. The summed E-state index contributed by atoms with van der Waals surface area (Å²) in [6.45, 7) is 5.93. The second-order valence-electron chi connectivity index (χ2n) is 10.4. The summed E-state index contributed by atoms with van der Waals surface area (Å²) in [7, 11) is 0. The lowest BCUT2D eigenvalue weighted by Gasteiger charge is -2.37. The highest BCUT2D eigenvalue weighted by Crippen LogP contribution is 2.40. The molecule has 0 radical (unpaired) electrons. The van der Waals surface area contributed by atoms with Gasteiger partial charge in [-0.1, -0.05) is 0 Å². The van der Waals surface area contributed by atoms with Crippen LogP contribution >= 0.6 is 0 Å². The fraction of sp³-hybridized carbons (Fsp3) is 0.226. The second-order valence-corrected chi connectivity index (χ2v) is 10.4. The Morgan fingerprint density at radius 1 is 1.00 bits per heavy atom. The number of rotatable bonds is 6. The number of nitrogens with zero attached hydrogens (tertiary/aromatic N) is 2. The van der Waals surface area contributed by atoms with Crippen molar-refractivity contribution in [2.45, 2.75) is 32.6 Å². The lowest BCUT2D eigenvalue weighted by molar-refractivity contribution is -0.00530. The van der Waals surface area contributed by atoms with Crippen molar-refractivity contribution in [3.05, 3.63) is 106 Å². The second kappa shape index (κ2) is 11.3. The summed E-state index contributed by atoms with van der Waals surface area (Å²) >= 11 is 0. The summed E-state index contributed by atoms with van der Waals surface area (Å²) in [4.78, 5) is 28.1. The maximum atomic E-state index is 15.3. The van der Waals surface area contributed by atoms with Crippen LogP contribution in [0.5, 0.6) is 11.5 Å². The van der Waals surface area contributed by atoms with Gasteiger partial charge in [0.05, 0.1) is 23.6 Å². The van der Waals surface area contributed by atoms with E-state index in [0.717, 1.165) is 23.0 Å². The summed E-state index contributed by atoms with van der Waals surface area (Å²) in [5, 5.41) is 2.58. The van der Waals surface area contributed by atoms with Crippen LogP contribution in [0.25, 0.3) is 5.69 Å². The van der Waals surface area contributed by atoms with Gasteiger partial charge in [0.1, 0.15) is 11.4 Å². The van der Waals surface area contributed by atoms with Crippen molar-refractivity contribution in [1.29, 1.82) is 0 Å². The first-order valence-corrected chi connectivity index (χ1v) is 13.6. The maximum absolute atomic E-state index is 15.3. The number of amides is 1. The number of carbonyl (C=O) groups excluding carboxylic acids is 1. The molecule has 0 spiro atoms. The van der Waals surface area contributed by atoms with Crippen LogP contribution in [0.15, 0.2) is 77.7 Å². The molecule has 6 rings (SSSR count). The van der Waals surface area contributed by atoms with Crippen molar-refractivity contribution in [3.8, 4) is 17.2 Å². The van der Waals surface area contributed by atoms with Crippen LogP contribution in [-0.2, 0) is 11.3 Å². The van der Waals surface area contributed by atoms with Crippen LogP contribution < -0.4 is 31.4 Å². The Morgan fingerprint density at radius 3 is 2.50 bits per heavy atom. The van der Waals surface area contributed by atoms with Crippen molar-refractivity contribution in [2.24, 2.45) is 0 Å². The van der Waals surface area contributed by atoms with E-state index >= 15 is 4.39 Å². The molecule has 11 heteroatoms. The number of carbonyl (C=O) groups is 1. The molecule has 3 heterocycles. The van der Waals surface area contributed by atoms with Gasteiger partial charge in [-0.3, -0.25) is 14.2 Å². The molecule has 3 aromatic carbocycles. The van der Waals surface area contributed by atoms with Crippen LogP contribution in [0.3, 0.4) is 0 Å². The van der Waals surface area contributed by atoms with Crippen molar-refractivity contribution in [2.75, 3.05) is 28.7 Å². The molecule has 9 nitrogen and oxygen atoms in total. The Balaban J connectivity index is 1.23. The third-order valence-corrected chi connectivity index (χ3v) is 7.15. The molecule has 1 aromatic heterocycles. The van der Waals surface area contributed by atoms with Crippen LogP contribution in [-0.4, -0.2) is 35.8 Å². The van der Waals surface area contributed by atoms with Gasteiger partial charge in [-0.15, -0.1) is 0 Å². The normalized spacial score (nSPS) is 17.9. The first-order chi connectivity index (χ1) is 20.2. The van der Waals surface area contributed by atoms with Crippen LogP contribution in [0.2, 0.25) is 0 Å². The number of fused-ring (bicyclic) bond motifs is 1. The molecule has 0 bridgehead atoms. The minimum absolute atomic E-state index is 0.0131. The number of hydrogen-bond acceptors (Lipinski definition) is 7. The molecule has 42 heavy (non-hydrogen) atoms. The molecule has 216 valence electrons. The molecule has 0 aliphatic carbocycles. The average Bonchev–Trinajstić information content (AvgIpc) is 3.42. The van der Waals surface area contributed by atoms with Crippen molar-refractivity contribution >= 4 is 23.0 Å². The number of ether oxygens (including phenoxy) is 2. The number of pyridine rings is 1. The molecule has 2 aliphatic heterocycles. The Morgan fingerprint density at radius 2 is 1.76 bits per heavy atom. The first kappa shape index (κ1) is 27.4. The topological polar surface area (TPSA) is 96.9 Å². The molecule has 1 amide bonds. The van der Waals surface area contributed by atoms with E-state index in [1.54, 1.807) is 0 Å². The number of aromatic nitrogens is 1. The summed E-state index contributed by atoms with van der Waals surface area (Å²) in [5.74, 6) is -1.35. The lowest BCUT2D eigenvalue weighted by atomic mass is 10.1. The summed E-state index contributed by atoms with van der Waals surface area (Å²) in [6, 6.07) is 16.2. The molecular weight excluding hydrogens is 544 g/mol. The SMILES string of the molecule is CC1CN(c2cc3c(cc2Oc2ccc(NC(=O)c4cccn(-c5ccc(F)cc5)c4=O)cc2F)CNN3)CC(C)O1. The van der Waals surface area contributed by atoms with E-state index in [0.29, 0.717) is 31.1 Å². The Kier molecular flexibility index (Phi) is 7.36. The fourth-order valence-electron chi connectivity index (χ4n) is 5.26. The number of anilines is 3. The van der Waals surface area contributed by atoms with Crippen LogP contribution in [0.4, 0.5) is 25.8 Å². The Labute approximate surface area is 240 Å². The van der Waals surface area contributed by atoms with Gasteiger partial charge in [0.2, 0.25) is 0 Å². The van der Waals surface area contributed by atoms with Crippen molar-refractivity contribution in [3.63, 3.8) is 0 Å². The smallest absolute Gasteiger partial charge is 0.267 e. The van der Waals surface area contributed by atoms with E-state index in [1.165, 1.54) is 59.3 Å². The summed E-state index contributed by atoms with van der Waals surface area (Å²) in [5.41, 5.74) is 8.78. The standard InChI is InChI=1S/C31H29F2N5O4/c1-18-16-37(17-19(2)41-18)27-14-26-20(15-34-36-26)12-29(27)42-28-10-7-22(13-25(28)33)35-30(39)24-4-3-11-38(31(24)40)23-8-5-21(32)6-9-23/h3-14,18-19,34,36H,15-17H2,1-2H3,(H,35,39). The lowest BCUT2D eigenvalue weighted by Crippen LogP contribution is -2.45. The van der Waals surface area contributed by atoms with Crippen LogP contribution in [0.1, 0.15) is 29.8 Å². The molecule has 0 saturated carbocycles.